The minimum Gasteiger partial charge on any atom is -0.506 e. The van der Waals surface area contributed by atoms with Gasteiger partial charge in [0, 0.05) is 48.0 Å². The van der Waals surface area contributed by atoms with Gasteiger partial charge >= 0.3 is 0 Å². The summed E-state index contributed by atoms with van der Waals surface area (Å²) in [6.45, 7) is 13.0. The van der Waals surface area contributed by atoms with Gasteiger partial charge in [-0.15, -0.1) is 0 Å². The molecular weight excluding hydrogens is 1370 g/mol. The number of hydrogen-bond donors (Lipinski definition) is 9. The number of carbonyl (C=O) groups is 6. The molecule has 0 saturated heterocycles. The Morgan fingerprint density at radius 3 is 1.43 bits per heavy atom. The second-order valence-corrected chi connectivity index (χ2v) is 29.7. The molecule has 3 atom stereocenters. The van der Waals surface area contributed by atoms with Crippen molar-refractivity contribution in [1.82, 2.24) is 0 Å². The maximum absolute atomic E-state index is 13.3. The largest absolute Gasteiger partial charge is 0.506 e. The van der Waals surface area contributed by atoms with Crippen LogP contribution in [0.5, 0.6) is 28.7 Å². The fraction of sp³-hybridized carbons (Fsp3) is 0.178. The molecule has 27 heteroatoms. The molecule has 0 saturated carbocycles. The lowest BCUT2D eigenvalue weighted by Gasteiger charge is -2.19. The SMILES string of the molecule is CCC(C(=O)Nc1cc(O)c(NC(=O)c2ccc(F)cc2)cc1Oc1ccc(C)cc1)S(=O)(=O)c1ccc(C)cc1.CCC(C(=O)Nc1ccc(NC(C)=O)c(O)c1)S(=O)(=O)c1cccc(C)c1.Cc1cccc(S(=O)(=O)C(C)C(=O)Nc2cc(O)c(NC(=O)c3ccccc3)cc2Cl)c1. The number of sulfone groups is 3. The van der Waals surface area contributed by atoms with E-state index < -0.39 is 86.4 Å². The standard InChI is InChI=1S/C31H29FN2O6S.C23H21ClN2O5S.C19H22N2O5S/c1-4-29(41(38,39)24-15-7-20(3)8-16-24)31(37)34-26-17-27(35)25(33-30(36)21-9-11-22(32)12-10-21)18-28(26)40-23-13-5-19(2)6-14-23;1-14-7-6-10-17(11-14)32(30,31)15(2)22(28)25-19-13-21(27)20(12-18(19)24)26-23(29)16-8-4-3-5-9-16;1-4-18(27(25,26)15-7-5-6-12(2)10-15)19(24)21-14-8-9-16(17(23)11-14)20-13(3)22/h5-18,29,35H,4H2,1-3H3,(H,33,36)(H,34,37);3-13,15,27H,1-2H3,(H,25,28)(H,26,29);5-11,18,23H,4H2,1-3H3,(H,20,22)(H,21,24). The van der Waals surface area contributed by atoms with E-state index in [9.17, 15) is 73.7 Å². The van der Waals surface area contributed by atoms with Crippen LogP contribution in [0.2, 0.25) is 5.02 Å². The van der Waals surface area contributed by atoms with Crippen LogP contribution in [0.25, 0.3) is 0 Å². The van der Waals surface area contributed by atoms with Crippen LogP contribution in [0.15, 0.2) is 209 Å². The van der Waals surface area contributed by atoms with Crippen molar-refractivity contribution >= 4 is 111 Å². The van der Waals surface area contributed by atoms with Gasteiger partial charge in [-0.3, -0.25) is 28.8 Å². The van der Waals surface area contributed by atoms with Crippen LogP contribution in [0.1, 0.15) is 83.5 Å². The van der Waals surface area contributed by atoms with Gasteiger partial charge in [-0.1, -0.05) is 103 Å². The van der Waals surface area contributed by atoms with Crippen LogP contribution < -0.4 is 36.6 Å². The maximum Gasteiger partial charge on any atom is 0.255 e. The minimum atomic E-state index is -4.03. The number of amides is 6. The van der Waals surface area contributed by atoms with Gasteiger partial charge in [0.1, 0.15) is 44.6 Å². The van der Waals surface area contributed by atoms with E-state index in [4.69, 9.17) is 16.3 Å². The normalized spacial score (nSPS) is 12.1. The van der Waals surface area contributed by atoms with Gasteiger partial charge in [-0.05, 0) is 162 Å². The van der Waals surface area contributed by atoms with Gasteiger partial charge < -0.3 is 52.0 Å². The predicted octanol–water partition coefficient (Wildman–Crippen LogP) is 13.6. The van der Waals surface area contributed by atoms with E-state index in [2.05, 4.69) is 31.9 Å². The molecule has 0 aliphatic rings. The molecule has 0 fully saturated rings. The Kier molecular flexibility index (Phi) is 25.6. The first-order chi connectivity index (χ1) is 47.2. The zero-order valence-corrected chi connectivity index (χ0v) is 58.5. The van der Waals surface area contributed by atoms with Crippen LogP contribution in [-0.2, 0) is 48.7 Å². The molecule has 0 bridgehead atoms. The fourth-order valence-corrected chi connectivity index (χ4v) is 14.5. The van der Waals surface area contributed by atoms with Gasteiger partial charge in [-0.2, -0.15) is 0 Å². The first kappa shape index (κ1) is 76.4. The summed E-state index contributed by atoms with van der Waals surface area (Å²) in [5, 5.41) is 41.9. The van der Waals surface area contributed by atoms with Gasteiger partial charge in [0.25, 0.3) is 11.8 Å². The Morgan fingerprint density at radius 2 is 0.910 bits per heavy atom. The molecule has 0 heterocycles. The number of ether oxygens (including phenoxy) is 1. The van der Waals surface area contributed by atoms with Crippen molar-refractivity contribution in [3.8, 4) is 28.7 Å². The molecule has 9 rings (SSSR count). The molecular formula is C73H72ClFN6O16S3. The first-order valence-corrected chi connectivity index (χ1v) is 35.8. The Balaban J connectivity index is 0.000000216. The number of phenols is 3. The van der Waals surface area contributed by atoms with Crippen molar-refractivity contribution in [1.29, 1.82) is 0 Å². The third-order valence-electron chi connectivity index (χ3n) is 15.1. The Morgan fingerprint density at radius 1 is 0.440 bits per heavy atom. The highest BCUT2D eigenvalue weighted by molar-refractivity contribution is 7.93. The smallest absolute Gasteiger partial charge is 0.255 e. The summed E-state index contributed by atoms with van der Waals surface area (Å²) in [5.41, 5.74) is 4.35. The monoisotopic (exact) mass is 1440 g/mol. The average Bonchev–Trinajstić information content (AvgIpc) is 0.809. The molecule has 3 unspecified atom stereocenters. The second kappa shape index (κ2) is 33.6. The lowest BCUT2D eigenvalue weighted by Crippen LogP contribution is -2.34. The van der Waals surface area contributed by atoms with Crippen molar-refractivity contribution in [2.24, 2.45) is 0 Å². The Labute approximate surface area is 583 Å². The van der Waals surface area contributed by atoms with Gasteiger partial charge in [0.05, 0.1) is 48.1 Å². The highest BCUT2D eigenvalue weighted by Crippen LogP contribution is 2.40. The van der Waals surface area contributed by atoms with E-state index in [1.54, 1.807) is 107 Å². The zero-order valence-electron chi connectivity index (χ0n) is 55.3. The van der Waals surface area contributed by atoms with E-state index >= 15 is 0 Å². The summed E-state index contributed by atoms with van der Waals surface area (Å²) in [6.07, 6.45) is 0.0893. The number of halogens is 2. The van der Waals surface area contributed by atoms with E-state index in [0.717, 1.165) is 46.5 Å². The van der Waals surface area contributed by atoms with E-state index in [1.165, 1.54) is 92.7 Å². The minimum absolute atomic E-state index is 0.00596. The van der Waals surface area contributed by atoms with Crippen LogP contribution in [0.3, 0.4) is 0 Å². The second-order valence-electron chi connectivity index (χ2n) is 22.8. The number of rotatable bonds is 21. The van der Waals surface area contributed by atoms with Crippen LogP contribution >= 0.6 is 11.6 Å². The number of benzene rings is 9. The number of anilines is 6. The number of carbonyl (C=O) groups excluding carboxylic acids is 6. The quantitative estimate of drug-likeness (QED) is 0.0302. The van der Waals surface area contributed by atoms with Crippen molar-refractivity contribution in [3.63, 3.8) is 0 Å². The molecule has 0 radical (unpaired) electrons. The maximum atomic E-state index is 13.3. The highest BCUT2D eigenvalue weighted by atomic mass is 35.5. The molecule has 0 aliphatic carbocycles. The number of nitrogens with one attached hydrogen (secondary N) is 6. The summed E-state index contributed by atoms with van der Waals surface area (Å²) in [4.78, 5) is 74.8. The summed E-state index contributed by atoms with van der Waals surface area (Å²) in [6, 6.07) is 48.2. The molecule has 9 N–H and O–H groups in total. The summed E-state index contributed by atoms with van der Waals surface area (Å²) < 4.78 is 97.1. The fourth-order valence-electron chi connectivity index (χ4n) is 9.57. The molecule has 0 aromatic heterocycles. The first-order valence-electron chi connectivity index (χ1n) is 30.7. The van der Waals surface area contributed by atoms with Crippen LogP contribution in [-0.4, -0.2) is 91.8 Å². The predicted molar refractivity (Wildman–Crippen MR) is 382 cm³/mol. The van der Waals surface area contributed by atoms with E-state index in [1.807, 2.05) is 26.0 Å². The lowest BCUT2D eigenvalue weighted by molar-refractivity contribution is -0.116. The third kappa shape index (κ3) is 19.9. The topological polar surface area (TPSA) is 347 Å². The molecule has 0 aliphatic heterocycles. The van der Waals surface area contributed by atoms with Crippen LogP contribution in [0, 0.1) is 33.5 Å². The van der Waals surface area contributed by atoms with Crippen molar-refractivity contribution in [3.05, 3.63) is 238 Å². The molecule has 522 valence electrons. The van der Waals surface area contributed by atoms with Crippen molar-refractivity contribution < 1.29 is 78.5 Å². The summed E-state index contributed by atoms with van der Waals surface area (Å²) in [7, 11) is -11.8. The number of aromatic hydroxyl groups is 3. The highest BCUT2D eigenvalue weighted by Gasteiger charge is 2.35. The van der Waals surface area contributed by atoms with Crippen molar-refractivity contribution in [2.45, 2.75) is 98.7 Å². The molecule has 6 amide bonds. The number of aryl methyl sites for hydroxylation is 4. The molecule has 22 nitrogen and oxygen atoms in total. The average molecular weight is 1440 g/mol. The Bertz CT molecular complexity index is 4880. The van der Waals surface area contributed by atoms with E-state index in [-0.39, 0.29) is 95.4 Å². The Hall–Kier alpha value is -10.9. The molecule has 100 heavy (non-hydrogen) atoms. The number of hydrogen-bond acceptors (Lipinski definition) is 16. The van der Waals surface area contributed by atoms with Crippen LogP contribution in [0.4, 0.5) is 38.5 Å². The van der Waals surface area contributed by atoms with Gasteiger partial charge in [0.2, 0.25) is 23.6 Å². The molecule has 0 spiro atoms. The van der Waals surface area contributed by atoms with Gasteiger partial charge in [0.15, 0.2) is 35.3 Å². The molecule has 9 aromatic carbocycles. The van der Waals surface area contributed by atoms with Crippen molar-refractivity contribution in [2.75, 3.05) is 31.9 Å². The zero-order chi connectivity index (χ0) is 73.4. The summed E-state index contributed by atoms with van der Waals surface area (Å²) in [5.74, 6) is -4.80. The molecule has 9 aromatic rings. The number of phenolic OH excluding ortho intramolecular Hbond substituents is 3. The third-order valence-corrected chi connectivity index (χ3v) is 21.9. The summed E-state index contributed by atoms with van der Waals surface area (Å²) >= 11 is 6.21. The van der Waals surface area contributed by atoms with E-state index in [0.29, 0.717) is 11.3 Å². The van der Waals surface area contributed by atoms with Gasteiger partial charge in [-0.25, -0.2) is 29.6 Å². The lowest BCUT2D eigenvalue weighted by atomic mass is 10.1.